The lowest BCUT2D eigenvalue weighted by molar-refractivity contribution is 0.501. The van der Waals surface area contributed by atoms with E-state index in [0.717, 1.165) is 6.07 Å². The van der Waals surface area contributed by atoms with Crippen molar-refractivity contribution < 1.29 is 8.78 Å². The minimum absolute atomic E-state index is 0.345. The van der Waals surface area contributed by atoms with Crippen LogP contribution in [0.2, 0.25) is 0 Å². The zero-order valence-electron chi connectivity index (χ0n) is 5.59. The van der Waals surface area contributed by atoms with E-state index in [2.05, 4.69) is 15.9 Å². The molecule has 0 bridgehead atoms. The molecule has 0 saturated carbocycles. The van der Waals surface area contributed by atoms with Crippen molar-refractivity contribution >= 4 is 38.5 Å². The number of hydrogen-bond acceptors (Lipinski definition) is 0. The van der Waals surface area contributed by atoms with Crippen LogP contribution >= 0.6 is 38.5 Å². The molecule has 0 spiro atoms. The van der Waals surface area contributed by atoms with E-state index in [9.17, 15) is 8.78 Å². The summed E-state index contributed by atoms with van der Waals surface area (Å²) in [4.78, 5) is 0. The molecule has 0 fully saturated rings. The standard InChI is InChI=1S/C7H4BrF2I/c1-3-6(10)5(9)2-4(8)7(3)11/h2H,1H3. The lowest BCUT2D eigenvalue weighted by atomic mass is 10.2. The molecule has 1 rings (SSSR count). The van der Waals surface area contributed by atoms with Gasteiger partial charge in [-0.1, -0.05) is 0 Å². The van der Waals surface area contributed by atoms with Crippen LogP contribution in [0.15, 0.2) is 10.5 Å². The van der Waals surface area contributed by atoms with Gasteiger partial charge in [-0.2, -0.15) is 0 Å². The first-order chi connectivity index (χ1) is 5.04. The third-order valence-corrected chi connectivity index (χ3v) is 4.09. The zero-order valence-corrected chi connectivity index (χ0v) is 9.33. The van der Waals surface area contributed by atoms with Gasteiger partial charge in [0.2, 0.25) is 0 Å². The Balaban J connectivity index is 3.46. The normalized spacial score (nSPS) is 10.3. The minimum Gasteiger partial charge on any atom is -0.204 e. The van der Waals surface area contributed by atoms with Gasteiger partial charge in [0.25, 0.3) is 0 Å². The molecule has 0 aromatic heterocycles. The van der Waals surface area contributed by atoms with E-state index < -0.39 is 11.6 Å². The molecule has 0 radical (unpaired) electrons. The summed E-state index contributed by atoms with van der Waals surface area (Å²) in [5.74, 6) is -1.58. The third-order valence-electron chi connectivity index (χ3n) is 1.33. The number of benzene rings is 1. The smallest absolute Gasteiger partial charge is 0.162 e. The van der Waals surface area contributed by atoms with Gasteiger partial charge in [-0.25, -0.2) is 8.78 Å². The fraction of sp³-hybridized carbons (Fsp3) is 0.143. The molecule has 4 heteroatoms. The first-order valence-corrected chi connectivity index (χ1v) is 4.71. The molecule has 0 heterocycles. The van der Waals surface area contributed by atoms with Crippen molar-refractivity contribution in [2.45, 2.75) is 6.92 Å². The van der Waals surface area contributed by atoms with Crippen molar-refractivity contribution in [3.05, 3.63) is 31.3 Å². The second kappa shape index (κ2) is 3.35. The molecule has 0 nitrogen and oxygen atoms in total. The quantitative estimate of drug-likeness (QED) is 0.502. The van der Waals surface area contributed by atoms with Crippen LogP contribution in [0.4, 0.5) is 8.78 Å². The maximum Gasteiger partial charge on any atom is 0.162 e. The van der Waals surface area contributed by atoms with Crippen molar-refractivity contribution in [1.82, 2.24) is 0 Å². The third kappa shape index (κ3) is 1.72. The van der Waals surface area contributed by atoms with Gasteiger partial charge in [0.1, 0.15) is 0 Å². The SMILES string of the molecule is Cc1c(F)c(F)cc(Br)c1I. The molecule has 0 saturated heterocycles. The van der Waals surface area contributed by atoms with Gasteiger partial charge >= 0.3 is 0 Å². The van der Waals surface area contributed by atoms with Crippen LogP contribution in [-0.2, 0) is 0 Å². The fourth-order valence-electron chi connectivity index (χ4n) is 0.693. The Morgan fingerprint density at radius 1 is 1.45 bits per heavy atom. The molecule has 11 heavy (non-hydrogen) atoms. The molecule has 60 valence electrons. The maximum atomic E-state index is 12.8. The van der Waals surface area contributed by atoms with Crippen LogP contribution < -0.4 is 0 Å². The average molecular weight is 333 g/mol. The van der Waals surface area contributed by atoms with Crippen molar-refractivity contribution in [2.75, 3.05) is 0 Å². The first-order valence-electron chi connectivity index (χ1n) is 2.83. The van der Waals surface area contributed by atoms with E-state index in [1.807, 2.05) is 22.6 Å². The van der Waals surface area contributed by atoms with E-state index >= 15 is 0 Å². The summed E-state index contributed by atoms with van der Waals surface area (Å²) >= 11 is 5.07. The van der Waals surface area contributed by atoms with Crippen LogP contribution in [0.1, 0.15) is 5.56 Å². The predicted octanol–water partition coefficient (Wildman–Crippen LogP) is 3.64. The second-order valence-electron chi connectivity index (χ2n) is 2.09. The largest absolute Gasteiger partial charge is 0.204 e. The summed E-state index contributed by atoms with van der Waals surface area (Å²) in [6, 6.07) is 1.13. The summed E-state index contributed by atoms with van der Waals surface area (Å²) < 4.78 is 26.7. The summed E-state index contributed by atoms with van der Waals surface area (Å²) in [5, 5.41) is 0. The molecule has 0 unspecified atom stereocenters. The van der Waals surface area contributed by atoms with Crippen molar-refractivity contribution in [3.63, 3.8) is 0 Å². The second-order valence-corrected chi connectivity index (χ2v) is 4.03. The summed E-state index contributed by atoms with van der Waals surface area (Å²) in [6.45, 7) is 1.55. The monoisotopic (exact) mass is 332 g/mol. The molecule has 0 atom stereocenters. The highest BCUT2D eigenvalue weighted by Gasteiger charge is 2.11. The number of halogens is 4. The zero-order chi connectivity index (χ0) is 8.59. The lowest BCUT2D eigenvalue weighted by Gasteiger charge is -2.02. The lowest BCUT2D eigenvalue weighted by Crippen LogP contribution is -1.93. The van der Waals surface area contributed by atoms with E-state index in [1.165, 1.54) is 0 Å². The van der Waals surface area contributed by atoms with Crippen molar-refractivity contribution in [3.8, 4) is 0 Å². The van der Waals surface area contributed by atoms with Gasteiger partial charge in [0, 0.05) is 13.6 Å². The molecular weight excluding hydrogens is 329 g/mol. The van der Waals surface area contributed by atoms with Crippen LogP contribution in [0.3, 0.4) is 0 Å². The molecule has 1 aromatic carbocycles. The number of hydrogen-bond donors (Lipinski definition) is 0. The van der Waals surface area contributed by atoms with Gasteiger partial charge in [-0.15, -0.1) is 0 Å². The highest BCUT2D eigenvalue weighted by molar-refractivity contribution is 14.1. The molecule has 0 amide bonds. The Morgan fingerprint density at radius 3 is 2.55 bits per heavy atom. The fourth-order valence-corrected chi connectivity index (χ4v) is 1.58. The van der Waals surface area contributed by atoms with Crippen LogP contribution in [0, 0.1) is 22.1 Å². The Bertz CT molecular complexity index is 273. The summed E-state index contributed by atoms with van der Waals surface area (Å²) in [5.41, 5.74) is 0.345. The van der Waals surface area contributed by atoms with E-state index in [4.69, 9.17) is 0 Å². The Labute approximate surface area is 85.3 Å². The van der Waals surface area contributed by atoms with Gasteiger partial charge in [-0.05, 0) is 51.5 Å². The Hall–Kier alpha value is 0.290. The van der Waals surface area contributed by atoms with Crippen LogP contribution in [0.5, 0.6) is 0 Å². The Kier molecular flexibility index (Phi) is 2.85. The predicted molar refractivity (Wildman–Crippen MR) is 51.5 cm³/mol. The molecule has 0 aliphatic rings. The summed E-state index contributed by atoms with van der Waals surface area (Å²) in [6.07, 6.45) is 0. The molecular formula is C7H4BrF2I. The van der Waals surface area contributed by atoms with E-state index in [1.54, 1.807) is 6.92 Å². The molecule has 0 aliphatic heterocycles. The summed E-state index contributed by atoms with van der Waals surface area (Å²) in [7, 11) is 0. The molecule has 0 aliphatic carbocycles. The molecule has 1 aromatic rings. The van der Waals surface area contributed by atoms with Gasteiger partial charge < -0.3 is 0 Å². The number of rotatable bonds is 0. The van der Waals surface area contributed by atoms with Crippen molar-refractivity contribution in [1.29, 1.82) is 0 Å². The first kappa shape index (κ1) is 9.38. The highest BCUT2D eigenvalue weighted by atomic mass is 127. The topological polar surface area (TPSA) is 0 Å². The maximum absolute atomic E-state index is 12.8. The average Bonchev–Trinajstić information content (AvgIpc) is 1.97. The molecule has 0 N–H and O–H groups in total. The Morgan fingerprint density at radius 2 is 2.00 bits per heavy atom. The van der Waals surface area contributed by atoms with Crippen molar-refractivity contribution in [2.24, 2.45) is 0 Å². The van der Waals surface area contributed by atoms with Gasteiger partial charge in [0.05, 0.1) is 0 Å². The van der Waals surface area contributed by atoms with Crippen LogP contribution in [0.25, 0.3) is 0 Å². The van der Waals surface area contributed by atoms with E-state index in [-0.39, 0.29) is 0 Å². The minimum atomic E-state index is -0.810. The van der Waals surface area contributed by atoms with Crippen LogP contribution in [-0.4, -0.2) is 0 Å². The van der Waals surface area contributed by atoms with Gasteiger partial charge in [0.15, 0.2) is 11.6 Å². The van der Waals surface area contributed by atoms with Gasteiger partial charge in [-0.3, -0.25) is 0 Å². The highest BCUT2D eigenvalue weighted by Crippen LogP contribution is 2.26. The van der Waals surface area contributed by atoms with E-state index in [0.29, 0.717) is 13.6 Å².